The van der Waals surface area contributed by atoms with E-state index in [1.165, 1.54) is 6.07 Å². The minimum Gasteiger partial charge on any atom is -0.339 e. The highest BCUT2D eigenvalue weighted by Crippen LogP contribution is 2.23. The fraction of sp³-hybridized carbons (Fsp3) is 0.389. The first-order chi connectivity index (χ1) is 12.5. The predicted molar refractivity (Wildman–Crippen MR) is 104 cm³/mol. The van der Waals surface area contributed by atoms with Crippen LogP contribution in [-0.2, 0) is 16.6 Å². The van der Waals surface area contributed by atoms with E-state index in [0.717, 1.165) is 50.1 Å². The molecular weight excluding hydrogens is 392 g/mol. The third-order valence-corrected chi connectivity index (χ3v) is 7.60. The van der Waals surface area contributed by atoms with Gasteiger partial charge in [0.1, 0.15) is 4.21 Å². The van der Waals surface area contributed by atoms with Crippen LogP contribution >= 0.6 is 22.9 Å². The Balaban J connectivity index is 1.69. The van der Waals surface area contributed by atoms with Gasteiger partial charge in [-0.15, -0.1) is 11.3 Å². The van der Waals surface area contributed by atoms with E-state index < -0.39 is 10.0 Å². The first-order valence-electron chi connectivity index (χ1n) is 8.58. The van der Waals surface area contributed by atoms with Crippen LogP contribution in [0.2, 0.25) is 5.02 Å². The van der Waals surface area contributed by atoms with E-state index in [2.05, 4.69) is 4.72 Å². The minimum absolute atomic E-state index is 0.0873. The summed E-state index contributed by atoms with van der Waals surface area (Å²) in [5.74, 6) is -0.0873. The number of halogens is 1. The van der Waals surface area contributed by atoms with Gasteiger partial charge in [0.25, 0.3) is 5.91 Å². The van der Waals surface area contributed by atoms with Crippen LogP contribution in [0.4, 0.5) is 0 Å². The maximum Gasteiger partial charge on any atom is 0.254 e. The molecule has 0 spiro atoms. The first kappa shape index (κ1) is 19.4. The van der Waals surface area contributed by atoms with Crippen molar-refractivity contribution >= 4 is 38.9 Å². The molecule has 2 aromatic rings. The molecule has 1 aromatic carbocycles. The van der Waals surface area contributed by atoms with Gasteiger partial charge < -0.3 is 4.90 Å². The Hall–Kier alpha value is -1.41. The van der Waals surface area contributed by atoms with Crippen LogP contribution in [0.15, 0.2) is 39.9 Å². The number of carbonyl (C=O) groups is 1. The van der Waals surface area contributed by atoms with E-state index in [0.29, 0.717) is 16.1 Å². The number of sulfonamides is 1. The number of carbonyl (C=O) groups excluding carboxylic acids is 1. The van der Waals surface area contributed by atoms with Gasteiger partial charge in [-0.25, -0.2) is 13.1 Å². The topological polar surface area (TPSA) is 66.5 Å². The van der Waals surface area contributed by atoms with Gasteiger partial charge >= 0.3 is 0 Å². The SMILES string of the molecule is O=C(c1csc(S(=O)(=O)NCc2ccccc2Cl)c1)N1CCCCCC1. The van der Waals surface area contributed by atoms with Gasteiger partial charge in [0.2, 0.25) is 10.0 Å². The van der Waals surface area contributed by atoms with Gasteiger partial charge in [0.15, 0.2) is 0 Å². The maximum atomic E-state index is 12.6. The van der Waals surface area contributed by atoms with Crippen molar-refractivity contribution in [3.63, 3.8) is 0 Å². The standard InChI is InChI=1S/C18H21ClN2O3S2/c19-16-8-4-3-7-14(16)12-20-26(23,24)17-11-15(13-25-17)18(22)21-9-5-1-2-6-10-21/h3-4,7-8,11,13,20H,1-2,5-6,9-10,12H2. The van der Waals surface area contributed by atoms with Crippen molar-refractivity contribution in [3.05, 3.63) is 51.9 Å². The average Bonchev–Trinajstić information content (AvgIpc) is 2.98. The van der Waals surface area contributed by atoms with Crippen molar-refractivity contribution in [3.8, 4) is 0 Å². The highest BCUT2D eigenvalue weighted by Gasteiger charge is 2.22. The number of benzene rings is 1. The Labute approximate surface area is 163 Å². The molecule has 0 radical (unpaired) electrons. The maximum absolute atomic E-state index is 12.6. The second-order valence-electron chi connectivity index (χ2n) is 6.28. The second kappa shape index (κ2) is 8.52. The van der Waals surface area contributed by atoms with Crippen LogP contribution in [0.5, 0.6) is 0 Å². The number of hydrogen-bond acceptors (Lipinski definition) is 4. The summed E-state index contributed by atoms with van der Waals surface area (Å²) >= 11 is 7.12. The lowest BCUT2D eigenvalue weighted by Crippen LogP contribution is -2.31. The molecule has 140 valence electrons. The number of amides is 1. The largest absolute Gasteiger partial charge is 0.339 e. The normalized spacial score (nSPS) is 15.7. The number of rotatable bonds is 5. The minimum atomic E-state index is -3.69. The zero-order valence-electron chi connectivity index (χ0n) is 14.3. The van der Waals surface area contributed by atoms with Crippen LogP contribution in [0.1, 0.15) is 41.6 Å². The number of likely N-dealkylation sites (tertiary alicyclic amines) is 1. The molecule has 8 heteroatoms. The van der Waals surface area contributed by atoms with Gasteiger partial charge in [0, 0.05) is 30.0 Å². The summed E-state index contributed by atoms with van der Waals surface area (Å²) in [6.45, 7) is 1.58. The van der Waals surface area contributed by atoms with E-state index in [1.54, 1.807) is 29.6 Å². The van der Waals surface area contributed by atoms with Crippen molar-refractivity contribution in [2.24, 2.45) is 0 Å². The molecule has 1 saturated heterocycles. The Morgan fingerprint density at radius 2 is 1.85 bits per heavy atom. The lowest BCUT2D eigenvalue weighted by Gasteiger charge is -2.19. The van der Waals surface area contributed by atoms with Crippen molar-refractivity contribution in [2.75, 3.05) is 13.1 Å². The first-order valence-corrected chi connectivity index (χ1v) is 11.3. The van der Waals surface area contributed by atoms with Gasteiger partial charge in [-0.3, -0.25) is 4.79 Å². The molecule has 1 N–H and O–H groups in total. The molecule has 0 atom stereocenters. The number of thiophene rings is 1. The van der Waals surface area contributed by atoms with E-state index in [4.69, 9.17) is 11.6 Å². The van der Waals surface area contributed by atoms with Crippen LogP contribution < -0.4 is 4.72 Å². The zero-order chi connectivity index (χ0) is 18.6. The Morgan fingerprint density at radius 1 is 1.15 bits per heavy atom. The molecular formula is C18H21ClN2O3S2. The molecule has 0 unspecified atom stereocenters. The summed E-state index contributed by atoms with van der Waals surface area (Å²) in [4.78, 5) is 14.4. The fourth-order valence-corrected chi connectivity index (χ4v) is 5.32. The third-order valence-electron chi connectivity index (χ3n) is 4.39. The summed E-state index contributed by atoms with van der Waals surface area (Å²) in [5.41, 5.74) is 1.14. The molecule has 1 aromatic heterocycles. The number of nitrogens with zero attached hydrogens (tertiary/aromatic N) is 1. The molecule has 0 aliphatic carbocycles. The smallest absolute Gasteiger partial charge is 0.254 e. The average molecular weight is 413 g/mol. The second-order valence-corrected chi connectivity index (χ2v) is 9.59. The van der Waals surface area contributed by atoms with Gasteiger partial charge in [0.05, 0.1) is 5.56 Å². The van der Waals surface area contributed by atoms with Crippen molar-refractivity contribution in [1.29, 1.82) is 0 Å². The molecule has 0 bridgehead atoms. The molecule has 1 amide bonds. The highest BCUT2D eigenvalue weighted by atomic mass is 35.5. The lowest BCUT2D eigenvalue weighted by atomic mass is 10.2. The third kappa shape index (κ3) is 4.65. The molecule has 3 rings (SSSR count). The van der Waals surface area contributed by atoms with E-state index in [1.807, 2.05) is 4.90 Å². The molecule has 1 aliphatic rings. The molecule has 5 nitrogen and oxygen atoms in total. The van der Waals surface area contributed by atoms with Crippen LogP contribution in [0, 0.1) is 0 Å². The molecule has 0 saturated carbocycles. The highest BCUT2D eigenvalue weighted by molar-refractivity contribution is 7.91. The van der Waals surface area contributed by atoms with Crippen molar-refractivity contribution in [2.45, 2.75) is 36.4 Å². The van der Waals surface area contributed by atoms with E-state index >= 15 is 0 Å². The van der Waals surface area contributed by atoms with Crippen molar-refractivity contribution < 1.29 is 13.2 Å². The molecule has 1 aliphatic heterocycles. The Morgan fingerprint density at radius 3 is 2.54 bits per heavy atom. The Bertz CT molecular complexity index is 872. The summed E-state index contributed by atoms with van der Waals surface area (Å²) in [6, 6.07) is 8.55. The summed E-state index contributed by atoms with van der Waals surface area (Å²) in [6.07, 6.45) is 4.28. The molecule has 2 heterocycles. The number of nitrogens with one attached hydrogen (secondary N) is 1. The summed E-state index contributed by atoms with van der Waals surface area (Å²) < 4.78 is 27.7. The lowest BCUT2D eigenvalue weighted by molar-refractivity contribution is 0.0762. The van der Waals surface area contributed by atoms with E-state index in [-0.39, 0.29) is 16.7 Å². The summed E-state index contributed by atoms with van der Waals surface area (Å²) in [5, 5.41) is 2.13. The fourth-order valence-electron chi connectivity index (χ4n) is 2.91. The molecule has 1 fully saturated rings. The van der Waals surface area contributed by atoms with Crippen LogP contribution in [-0.4, -0.2) is 32.3 Å². The van der Waals surface area contributed by atoms with E-state index in [9.17, 15) is 13.2 Å². The predicted octanol–water partition coefficient (Wildman–Crippen LogP) is 3.90. The Kier molecular flexibility index (Phi) is 6.34. The van der Waals surface area contributed by atoms with Crippen LogP contribution in [0.25, 0.3) is 0 Å². The summed E-state index contributed by atoms with van der Waals surface area (Å²) in [7, 11) is -3.69. The monoisotopic (exact) mass is 412 g/mol. The van der Waals surface area contributed by atoms with Gasteiger partial charge in [-0.05, 0) is 30.5 Å². The molecule has 26 heavy (non-hydrogen) atoms. The van der Waals surface area contributed by atoms with Crippen LogP contribution in [0.3, 0.4) is 0 Å². The quantitative estimate of drug-likeness (QED) is 0.809. The van der Waals surface area contributed by atoms with Gasteiger partial charge in [-0.1, -0.05) is 42.6 Å². The zero-order valence-corrected chi connectivity index (χ0v) is 16.7. The number of hydrogen-bond donors (Lipinski definition) is 1. The van der Waals surface area contributed by atoms with Gasteiger partial charge in [-0.2, -0.15) is 0 Å². The van der Waals surface area contributed by atoms with Crippen molar-refractivity contribution in [1.82, 2.24) is 9.62 Å².